The van der Waals surface area contributed by atoms with Crippen molar-refractivity contribution >= 4 is 24.8 Å². The Balaban J connectivity index is 0.00000200. The van der Waals surface area contributed by atoms with Gasteiger partial charge in [0.2, 0.25) is 0 Å². The van der Waals surface area contributed by atoms with Gasteiger partial charge in [-0.15, -0.1) is 24.8 Å². The van der Waals surface area contributed by atoms with Crippen molar-refractivity contribution in [2.75, 3.05) is 33.3 Å². The van der Waals surface area contributed by atoms with Crippen molar-refractivity contribution in [3.05, 3.63) is 29.8 Å². The van der Waals surface area contributed by atoms with Crippen molar-refractivity contribution in [2.45, 2.75) is 26.8 Å². The van der Waals surface area contributed by atoms with E-state index in [1.807, 2.05) is 6.07 Å². The molecule has 1 heterocycles. The van der Waals surface area contributed by atoms with Crippen molar-refractivity contribution in [2.24, 2.45) is 5.41 Å². The number of nitrogens with zero attached hydrogens (tertiary/aromatic N) is 1. The Bertz CT molecular complexity index is 415. The zero-order valence-electron chi connectivity index (χ0n) is 13.4. The van der Waals surface area contributed by atoms with Crippen LogP contribution < -0.4 is 10.1 Å². The van der Waals surface area contributed by atoms with E-state index in [1.54, 1.807) is 7.11 Å². The first-order chi connectivity index (χ1) is 9.04. The number of piperazine rings is 1. The first kappa shape index (κ1) is 20.5. The van der Waals surface area contributed by atoms with E-state index in [4.69, 9.17) is 4.74 Å². The van der Waals surface area contributed by atoms with Crippen molar-refractivity contribution in [3.8, 4) is 5.75 Å². The largest absolute Gasteiger partial charge is 0.496 e. The predicted molar refractivity (Wildman–Crippen MR) is 94.1 cm³/mol. The monoisotopic (exact) mass is 334 g/mol. The molecular formula is C16H28Cl2N2O. The van der Waals surface area contributed by atoms with Gasteiger partial charge in [0.1, 0.15) is 5.75 Å². The summed E-state index contributed by atoms with van der Waals surface area (Å²) in [6.45, 7) is 11.3. The van der Waals surface area contributed by atoms with E-state index in [0.717, 1.165) is 31.9 Å². The Morgan fingerprint density at radius 2 is 1.67 bits per heavy atom. The molecule has 1 fully saturated rings. The van der Waals surface area contributed by atoms with Gasteiger partial charge in [-0.05, 0) is 11.5 Å². The maximum Gasteiger partial charge on any atom is 0.123 e. The fourth-order valence-corrected chi connectivity index (χ4v) is 3.04. The standard InChI is InChI=1S/C16H26N2O.2ClH/c1-16(2,3)15(18-11-9-17-10-12-18)13-7-5-6-8-14(13)19-4;;/h5-8,15,17H,9-12H2,1-4H3;2*1H/t15-;;/m0../s1. The minimum absolute atomic E-state index is 0. The van der Waals surface area contributed by atoms with Crippen LogP contribution in [-0.4, -0.2) is 38.2 Å². The SMILES string of the molecule is COc1ccccc1[C@H](N1CCNCC1)C(C)(C)C.Cl.Cl. The molecule has 0 radical (unpaired) electrons. The molecule has 1 aliphatic heterocycles. The number of rotatable bonds is 3. The van der Waals surface area contributed by atoms with Crippen molar-refractivity contribution in [1.82, 2.24) is 10.2 Å². The summed E-state index contributed by atoms with van der Waals surface area (Å²) in [6.07, 6.45) is 0. The normalized spacial score (nSPS) is 17.3. The van der Waals surface area contributed by atoms with Crippen LogP contribution in [0.25, 0.3) is 0 Å². The quantitative estimate of drug-likeness (QED) is 0.915. The third-order valence-electron chi connectivity index (χ3n) is 3.77. The number of para-hydroxylation sites is 1. The number of hydrogen-bond donors (Lipinski definition) is 1. The van der Waals surface area contributed by atoms with Gasteiger partial charge in [0, 0.05) is 37.8 Å². The Labute approximate surface area is 141 Å². The molecule has 0 aliphatic carbocycles. The van der Waals surface area contributed by atoms with Gasteiger partial charge in [0.25, 0.3) is 0 Å². The Hall–Kier alpha value is -0.480. The van der Waals surface area contributed by atoms with Crippen LogP contribution in [0.15, 0.2) is 24.3 Å². The molecule has 5 heteroatoms. The van der Waals surface area contributed by atoms with E-state index in [1.165, 1.54) is 5.56 Å². The molecule has 3 nitrogen and oxygen atoms in total. The predicted octanol–water partition coefficient (Wildman–Crippen LogP) is 3.53. The zero-order chi connectivity index (χ0) is 13.9. The van der Waals surface area contributed by atoms with E-state index < -0.39 is 0 Å². The molecule has 122 valence electrons. The third kappa shape index (κ3) is 5.03. The minimum atomic E-state index is 0. The van der Waals surface area contributed by atoms with Crippen LogP contribution >= 0.6 is 24.8 Å². The van der Waals surface area contributed by atoms with E-state index in [2.05, 4.69) is 49.2 Å². The fourth-order valence-electron chi connectivity index (χ4n) is 3.04. The van der Waals surface area contributed by atoms with Crippen LogP contribution in [0.5, 0.6) is 5.75 Å². The summed E-state index contributed by atoms with van der Waals surface area (Å²) in [5.74, 6) is 1.00. The number of nitrogens with one attached hydrogen (secondary N) is 1. The summed E-state index contributed by atoms with van der Waals surface area (Å²) in [5.41, 5.74) is 1.49. The topological polar surface area (TPSA) is 24.5 Å². The van der Waals surface area contributed by atoms with Gasteiger partial charge in [-0.2, -0.15) is 0 Å². The minimum Gasteiger partial charge on any atom is -0.496 e. The van der Waals surface area contributed by atoms with Gasteiger partial charge in [0.05, 0.1) is 7.11 Å². The second-order valence-electron chi connectivity index (χ2n) is 6.30. The van der Waals surface area contributed by atoms with Gasteiger partial charge in [-0.3, -0.25) is 4.90 Å². The number of methoxy groups -OCH3 is 1. The number of halogens is 2. The molecule has 1 N–H and O–H groups in total. The molecular weight excluding hydrogens is 307 g/mol. The summed E-state index contributed by atoms with van der Waals surface area (Å²) < 4.78 is 5.57. The Morgan fingerprint density at radius 1 is 1.10 bits per heavy atom. The molecule has 0 unspecified atom stereocenters. The highest BCUT2D eigenvalue weighted by Crippen LogP contribution is 2.41. The first-order valence-electron chi connectivity index (χ1n) is 7.11. The molecule has 0 spiro atoms. The molecule has 0 amide bonds. The molecule has 2 rings (SSSR count). The molecule has 1 saturated heterocycles. The molecule has 1 aromatic rings. The summed E-state index contributed by atoms with van der Waals surface area (Å²) in [5, 5.41) is 3.43. The van der Waals surface area contributed by atoms with Crippen molar-refractivity contribution in [1.29, 1.82) is 0 Å². The van der Waals surface area contributed by atoms with E-state index in [0.29, 0.717) is 6.04 Å². The van der Waals surface area contributed by atoms with Crippen LogP contribution in [-0.2, 0) is 0 Å². The lowest BCUT2D eigenvalue weighted by Crippen LogP contribution is -2.48. The molecule has 0 bridgehead atoms. The summed E-state index contributed by atoms with van der Waals surface area (Å²) in [7, 11) is 1.76. The zero-order valence-corrected chi connectivity index (χ0v) is 15.0. The maximum atomic E-state index is 5.57. The number of benzene rings is 1. The molecule has 1 atom stereocenters. The maximum absolute atomic E-state index is 5.57. The molecule has 0 saturated carbocycles. The number of ether oxygens (including phenoxy) is 1. The average Bonchev–Trinajstić information content (AvgIpc) is 2.39. The van der Waals surface area contributed by atoms with E-state index >= 15 is 0 Å². The van der Waals surface area contributed by atoms with Gasteiger partial charge < -0.3 is 10.1 Å². The lowest BCUT2D eigenvalue weighted by molar-refractivity contribution is 0.0842. The van der Waals surface area contributed by atoms with Gasteiger partial charge in [0.15, 0.2) is 0 Å². The smallest absolute Gasteiger partial charge is 0.123 e. The lowest BCUT2D eigenvalue weighted by Gasteiger charge is -2.43. The molecule has 21 heavy (non-hydrogen) atoms. The summed E-state index contributed by atoms with van der Waals surface area (Å²) >= 11 is 0. The van der Waals surface area contributed by atoms with Gasteiger partial charge >= 0.3 is 0 Å². The molecule has 0 aromatic heterocycles. The number of hydrogen-bond acceptors (Lipinski definition) is 3. The second kappa shape index (κ2) is 8.84. The molecule has 1 aromatic carbocycles. The van der Waals surface area contributed by atoms with Crippen LogP contribution in [0.2, 0.25) is 0 Å². The average molecular weight is 335 g/mol. The summed E-state index contributed by atoms with van der Waals surface area (Å²) in [4.78, 5) is 2.58. The van der Waals surface area contributed by atoms with Crippen molar-refractivity contribution in [3.63, 3.8) is 0 Å². The van der Waals surface area contributed by atoms with Gasteiger partial charge in [-0.25, -0.2) is 0 Å². The Morgan fingerprint density at radius 3 is 2.19 bits per heavy atom. The van der Waals surface area contributed by atoms with Crippen LogP contribution in [0.4, 0.5) is 0 Å². The Kier molecular flexibility index (Phi) is 8.64. The fraction of sp³-hybridized carbons (Fsp3) is 0.625. The molecule has 1 aliphatic rings. The van der Waals surface area contributed by atoms with E-state index in [-0.39, 0.29) is 30.2 Å². The van der Waals surface area contributed by atoms with Crippen LogP contribution in [0, 0.1) is 5.41 Å². The third-order valence-corrected chi connectivity index (χ3v) is 3.77. The highest BCUT2D eigenvalue weighted by atomic mass is 35.5. The lowest BCUT2D eigenvalue weighted by atomic mass is 9.80. The highest BCUT2D eigenvalue weighted by molar-refractivity contribution is 5.85. The van der Waals surface area contributed by atoms with E-state index in [9.17, 15) is 0 Å². The first-order valence-corrected chi connectivity index (χ1v) is 7.11. The second-order valence-corrected chi connectivity index (χ2v) is 6.30. The highest BCUT2D eigenvalue weighted by Gasteiger charge is 2.34. The van der Waals surface area contributed by atoms with Gasteiger partial charge in [-0.1, -0.05) is 39.0 Å². The van der Waals surface area contributed by atoms with Crippen molar-refractivity contribution < 1.29 is 4.74 Å². The summed E-state index contributed by atoms with van der Waals surface area (Å²) in [6, 6.07) is 8.82. The van der Waals surface area contributed by atoms with Crippen LogP contribution in [0.3, 0.4) is 0 Å². The van der Waals surface area contributed by atoms with Crippen LogP contribution in [0.1, 0.15) is 32.4 Å².